The van der Waals surface area contributed by atoms with Crippen molar-refractivity contribution < 1.29 is 14.3 Å². The molecular weight excluding hydrogens is 344 g/mol. The topological polar surface area (TPSA) is 75.2 Å². The first kappa shape index (κ1) is 20.9. The minimum atomic E-state index is -0.0379. The van der Waals surface area contributed by atoms with Crippen molar-refractivity contribution in [1.82, 2.24) is 10.2 Å². The number of benzene rings is 1. The summed E-state index contributed by atoms with van der Waals surface area (Å²) in [6, 6.07) is 6.04. The number of hydrogen-bond acceptors (Lipinski definition) is 4. The summed E-state index contributed by atoms with van der Waals surface area (Å²) in [4.78, 5) is 18.0. The summed E-state index contributed by atoms with van der Waals surface area (Å²) in [5.74, 6) is 1.93. The molecule has 1 amide bonds. The molecule has 0 unspecified atom stereocenters. The molecule has 0 atom stereocenters. The maximum absolute atomic E-state index is 11.9. The van der Waals surface area contributed by atoms with Crippen LogP contribution in [0, 0.1) is 0 Å². The van der Waals surface area contributed by atoms with E-state index in [-0.39, 0.29) is 12.5 Å². The Hall–Kier alpha value is -2.44. The molecule has 1 fully saturated rings. The van der Waals surface area contributed by atoms with Crippen molar-refractivity contribution in [1.29, 1.82) is 0 Å². The predicted molar refractivity (Wildman–Crippen MR) is 109 cm³/mol. The van der Waals surface area contributed by atoms with Crippen LogP contribution in [0.3, 0.4) is 0 Å². The number of aliphatic imine (C=N–C) groups is 1. The molecule has 0 heterocycles. The molecule has 0 bridgehead atoms. The minimum Gasteiger partial charge on any atom is -0.493 e. The molecule has 2 N–H and O–H groups in total. The molecule has 7 heteroatoms. The normalized spacial score (nSPS) is 15.2. The molecular formula is C20H32N4O3. The molecule has 1 saturated carbocycles. The largest absolute Gasteiger partial charge is 0.493 e. The average molecular weight is 377 g/mol. The fraction of sp³-hybridized carbons (Fsp3) is 0.600. The first-order chi connectivity index (χ1) is 13.0. The van der Waals surface area contributed by atoms with Crippen LogP contribution in [-0.2, 0) is 4.79 Å². The average Bonchev–Trinajstić information content (AvgIpc) is 2.67. The molecule has 0 radical (unpaired) electrons. The van der Waals surface area contributed by atoms with Crippen LogP contribution in [0.2, 0.25) is 0 Å². The lowest BCUT2D eigenvalue weighted by atomic mass is 9.96. The van der Waals surface area contributed by atoms with E-state index in [2.05, 4.69) is 15.6 Å². The zero-order valence-corrected chi connectivity index (χ0v) is 16.9. The summed E-state index contributed by atoms with van der Waals surface area (Å²) in [6.07, 6.45) is 5.97. The molecule has 0 aromatic heterocycles. The number of nitrogens with zero attached hydrogens (tertiary/aromatic N) is 2. The van der Waals surface area contributed by atoms with Gasteiger partial charge in [0.1, 0.15) is 6.54 Å². The zero-order valence-electron chi connectivity index (χ0n) is 16.9. The molecule has 0 spiro atoms. The molecule has 7 nitrogen and oxygen atoms in total. The lowest BCUT2D eigenvalue weighted by Crippen LogP contribution is -2.41. The number of methoxy groups -OCH3 is 1. The van der Waals surface area contributed by atoms with Crippen molar-refractivity contribution >= 4 is 17.6 Å². The maximum atomic E-state index is 11.9. The lowest BCUT2D eigenvalue weighted by Gasteiger charge is -2.25. The third-order valence-corrected chi connectivity index (χ3v) is 4.54. The highest BCUT2D eigenvalue weighted by atomic mass is 16.5. The number of hydrogen-bond donors (Lipinski definition) is 2. The summed E-state index contributed by atoms with van der Waals surface area (Å²) in [5, 5.41) is 6.77. The van der Waals surface area contributed by atoms with E-state index in [0.717, 1.165) is 18.5 Å². The number of carbonyl (C=O) groups is 1. The van der Waals surface area contributed by atoms with Crippen LogP contribution in [0.4, 0.5) is 5.69 Å². The van der Waals surface area contributed by atoms with Crippen LogP contribution in [-0.4, -0.2) is 57.2 Å². The van der Waals surface area contributed by atoms with Crippen LogP contribution in [0.1, 0.15) is 39.0 Å². The van der Waals surface area contributed by atoms with Gasteiger partial charge in [0.05, 0.1) is 13.7 Å². The lowest BCUT2D eigenvalue weighted by molar-refractivity contribution is -0.127. The van der Waals surface area contributed by atoms with Gasteiger partial charge in [-0.25, -0.2) is 4.99 Å². The molecule has 1 aromatic carbocycles. The molecule has 2 rings (SSSR count). The van der Waals surface area contributed by atoms with E-state index in [1.54, 1.807) is 26.1 Å². The van der Waals surface area contributed by atoms with Crippen LogP contribution in [0.5, 0.6) is 11.5 Å². The van der Waals surface area contributed by atoms with E-state index in [1.165, 1.54) is 19.3 Å². The van der Waals surface area contributed by atoms with Gasteiger partial charge in [0.2, 0.25) is 5.91 Å². The van der Waals surface area contributed by atoms with Gasteiger partial charge in [-0.2, -0.15) is 0 Å². The molecule has 0 saturated heterocycles. The van der Waals surface area contributed by atoms with E-state index in [1.807, 2.05) is 25.1 Å². The maximum Gasteiger partial charge on any atom is 0.243 e. The Labute approximate surface area is 162 Å². The molecule has 1 aliphatic carbocycles. The monoisotopic (exact) mass is 376 g/mol. The quantitative estimate of drug-likeness (QED) is 0.565. The Bertz CT molecular complexity index is 640. The van der Waals surface area contributed by atoms with Crippen LogP contribution < -0.4 is 20.1 Å². The highest BCUT2D eigenvalue weighted by molar-refractivity contribution is 5.95. The summed E-state index contributed by atoms with van der Waals surface area (Å²) in [5.41, 5.74) is 0.828. The highest BCUT2D eigenvalue weighted by Gasteiger charge is 2.16. The number of likely N-dealkylation sites (N-methyl/N-ethyl adjacent to an activating group) is 1. The van der Waals surface area contributed by atoms with Gasteiger partial charge in [-0.05, 0) is 31.9 Å². The Morgan fingerprint density at radius 1 is 1.22 bits per heavy atom. The second-order valence-corrected chi connectivity index (χ2v) is 6.86. The number of ether oxygens (including phenoxy) is 2. The zero-order chi connectivity index (χ0) is 19.6. The number of amides is 1. The van der Waals surface area contributed by atoms with Gasteiger partial charge in [0.25, 0.3) is 0 Å². The van der Waals surface area contributed by atoms with E-state index in [9.17, 15) is 4.79 Å². The van der Waals surface area contributed by atoms with Crippen molar-refractivity contribution in [2.45, 2.75) is 45.1 Å². The SMILES string of the molecule is CCOc1ccc(NC(=NCC(=O)N(C)C)NC2CCCCC2)cc1OC. The third kappa shape index (κ3) is 6.66. The minimum absolute atomic E-state index is 0.0379. The van der Waals surface area contributed by atoms with E-state index < -0.39 is 0 Å². The van der Waals surface area contributed by atoms with E-state index in [0.29, 0.717) is 30.1 Å². The number of carbonyl (C=O) groups excluding carboxylic acids is 1. The molecule has 150 valence electrons. The molecule has 1 aromatic rings. The highest BCUT2D eigenvalue weighted by Crippen LogP contribution is 2.30. The fourth-order valence-corrected chi connectivity index (χ4v) is 3.01. The molecule has 1 aliphatic rings. The van der Waals surface area contributed by atoms with E-state index in [4.69, 9.17) is 9.47 Å². The van der Waals surface area contributed by atoms with Crippen molar-refractivity contribution in [3.63, 3.8) is 0 Å². The number of nitrogens with one attached hydrogen (secondary N) is 2. The first-order valence-corrected chi connectivity index (χ1v) is 9.62. The number of anilines is 1. The van der Waals surface area contributed by atoms with Crippen LogP contribution >= 0.6 is 0 Å². The van der Waals surface area contributed by atoms with Crippen molar-refractivity contribution in [3.8, 4) is 11.5 Å². The van der Waals surface area contributed by atoms with Crippen LogP contribution in [0.25, 0.3) is 0 Å². The van der Waals surface area contributed by atoms with Crippen LogP contribution in [0.15, 0.2) is 23.2 Å². The summed E-state index contributed by atoms with van der Waals surface area (Å²) in [7, 11) is 5.08. The Morgan fingerprint density at radius 2 is 1.96 bits per heavy atom. The molecule has 27 heavy (non-hydrogen) atoms. The van der Waals surface area contributed by atoms with Crippen molar-refractivity contribution in [3.05, 3.63) is 18.2 Å². The van der Waals surface area contributed by atoms with Gasteiger partial charge in [0.15, 0.2) is 17.5 Å². The summed E-state index contributed by atoms with van der Waals surface area (Å²) in [6.45, 7) is 2.61. The van der Waals surface area contributed by atoms with Crippen molar-refractivity contribution in [2.24, 2.45) is 4.99 Å². The second-order valence-electron chi connectivity index (χ2n) is 6.86. The summed E-state index contributed by atoms with van der Waals surface area (Å²) < 4.78 is 11.0. The van der Waals surface area contributed by atoms with E-state index >= 15 is 0 Å². The predicted octanol–water partition coefficient (Wildman–Crippen LogP) is 2.87. The van der Waals surface area contributed by atoms with Gasteiger partial charge in [-0.15, -0.1) is 0 Å². The van der Waals surface area contributed by atoms with Gasteiger partial charge < -0.3 is 25.0 Å². The van der Waals surface area contributed by atoms with Gasteiger partial charge in [-0.3, -0.25) is 4.79 Å². The van der Waals surface area contributed by atoms with Gasteiger partial charge in [0, 0.05) is 31.9 Å². The number of rotatable bonds is 7. The smallest absolute Gasteiger partial charge is 0.243 e. The Morgan fingerprint density at radius 3 is 2.59 bits per heavy atom. The molecule has 0 aliphatic heterocycles. The standard InChI is InChI=1S/C20H32N4O3/c1-5-27-17-12-11-16(13-18(17)26-4)23-20(21-14-19(25)24(2)3)22-15-9-7-6-8-10-15/h11-13,15H,5-10,14H2,1-4H3,(H2,21,22,23). The number of guanidine groups is 1. The Balaban J connectivity index is 2.14. The summed E-state index contributed by atoms with van der Waals surface area (Å²) >= 11 is 0. The third-order valence-electron chi connectivity index (χ3n) is 4.54. The first-order valence-electron chi connectivity index (χ1n) is 9.62. The van der Waals surface area contributed by atoms with Gasteiger partial charge >= 0.3 is 0 Å². The van der Waals surface area contributed by atoms with Gasteiger partial charge in [-0.1, -0.05) is 19.3 Å². The Kier molecular flexibility index (Phi) is 8.23. The van der Waals surface area contributed by atoms with Crippen molar-refractivity contribution in [2.75, 3.05) is 39.7 Å². The fourth-order valence-electron chi connectivity index (χ4n) is 3.01. The second kappa shape index (κ2) is 10.6.